The maximum Gasteiger partial charge on any atom is 0.0527 e. The monoisotopic (exact) mass is 490 g/mol. The molecule has 0 radical (unpaired) electrons. The number of hydrogen-bond acceptors (Lipinski definition) is 4. The van der Waals surface area contributed by atoms with Gasteiger partial charge in [-0.2, -0.15) is 0 Å². The summed E-state index contributed by atoms with van der Waals surface area (Å²) in [4.78, 5) is 5.15. The summed E-state index contributed by atoms with van der Waals surface area (Å²) >= 11 is 7.29. The van der Waals surface area contributed by atoms with E-state index >= 15 is 0 Å². The first-order chi connectivity index (χ1) is 14.6. The van der Waals surface area contributed by atoms with Crippen molar-refractivity contribution in [3.63, 3.8) is 0 Å². The molecule has 0 fully saturated rings. The molecule has 2 heterocycles. The smallest absolute Gasteiger partial charge is 0.0527 e. The number of fused-ring (bicyclic) bond motifs is 4. The first-order valence-electron chi connectivity index (χ1n) is 10.0. The van der Waals surface area contributed by atoms with Crippen LogP contribution in [0, 0.1) is 5.92 Å². The van der Waals surface area contributed by atoms with Gasteiger partial charge in [-0.25, -0.2) is 0 Å². The second kappa shape index (κ2) is 7.26. The molecule has 0 saturated heterocycles. The van der Waals surface area contributed by atoms with Gasteiger partial charge in [0.2, 0.25) is 0 Å². The van der Waals surface area contributed by atoms with Crippen molar-refractivity contribution in [1.82, 2.24) is 0 Å². The molecule has 2 nitrogen and oxygen atoms in total. The Morgan fingerprint density at radius 3 is 2.20 bits per heavy atom. The van der Waals surface area contributed by atoms with Gasteiger partial charge in [0.05, 0.1) is 17.1 Å². The standard InChI is InChI=1S/C25H19BrN2S2/c1-14-2-6-18-22(10-14)29-23-11-15(3-7-19(23)27-18)16-4-8-20-24(12-16)30-25-13-17(26)5-9-21(25)28-20/h3-14,27-28H,2H2,1H3. The summed E-state index contributed by atoms with van der Waals surface area (Å²) in [5.41, 5.74) is 7.30. The molecule has 3 aromatic carbocycles. The predicted molar refractivity (Wildman–Crippen MR) is 133 cm³/mol. The zero-order valence-corrected chi connectivity index (χ0v) is 19.5. The van der Waals surface area contributed by atoms with Gasteiger partial charge >= 0.3 is 0 Å². The van der Waals surface area contributed by atoms with Gasteiger partial charge in [-0.05, 0) is 65.9 Å². The molecular weight excluding hydrogens is 472 g/mol. The van der Waals surface area contributed by atoms with E-state index in [9.17, 15) is 0 Å². The van der Waals surface area contributed by atoms with Crippen LogP contribution in [-0.2, 0) is 0 Å². The quantitative estimate of drug-likeness (QED) is 0.278. The number of nitrogens with one attached hydrogen (secondary N) is 2. The van der Waals surface area contributed by atoms with Crippen LogP contribution in [0.25, 0.3) is 11.1 Å². The first-order valence-corrected chi connectivity index (χ1v) is 12.5. The third-order valence-electron chi connectivity index (χ3n) is 5.61. The lowest BCUT2D eigenvalue weighted by molar-refractivity contribution is 0.729. The van der Waals surface area contributed by atoms with Crippen LogP contribution in [0.2, 0.25) is 0 Å². The average molecular weight is 491 g/mol. The number of rotatable bonds is 1. The Morgan fingerprint density at radius 1 is 0.800 bits per heavy atom. The number of anilines is 3. The van der Waals surface area contributed by atoms with E-state index in [1.807, 2.05) is 23.5 Å². The molecule has 5 heteroatoms. The first kappa shape index (κ1) is 18.7. The van der Waals surface area contributed by atoms with Crippen molar-refractivity contribution in [2.45, 2.75) is 28.0 Å². The fourth-order valence-corrected chi connectivity index (χ4v) is 6.79. The van der Waals surface area contributed by atoms with Crippen molar-refractivity contribution in [3.8, 4) is 11.1 Å². The van der Waals surface area contributed by atoms with E-state index in [1.54, 1.807) is 0 Å². The Morgan fingerprint density at radius 2 is 1.43 bits per heavy atom. The van der Waals surface area contributed by atoms with E-state index in [4.69, 9.17) is 0 Å². The van der Waals surface area contributed by atoms with Crippen LogP contribution in [0.1, 0.15) is 13.3 Å². The van der Waals surface area contributed by atoms with Gasteiger partial charge in [0.1, 0.15) is 0 Å². The number of thioether (sulfide) groups is 1. The summed E-state index contributed by atoms with van der Waals surface area (Å²) in [6.07, 6.45) is 5.83. The molecule has 0 aromatic heterocycles. The number of benzene rings is 3. The Labute approximate surface area is 193 Å². The second-order valence-corrected chi connectivity index (χ2v) is 11.0. The third kappa shape index (κ3) is 3.29. The molecule has 148 valence electrons. The largest absolute Gasteiger partial charge is 0.354 e. The maximum absolute atomic E-state index is 3.62. The molecule has 30 heavy (non-hydrogen) atoms. The van der Waals surface area contributed by atoms with Crippen molar-refractivity contribution in [1.29, 1.82) is 0 Å². The lowest BCUT2D eigenvalue weighted by Gasteiger charge is -2.27. The predicted octanol–water partition coefficient (Wildman–Crippen LogP) is 8.65. The molecule has 2 aliphatic heterocycles. The molecule has 2 N–H and O–H groups in total. The van der Waals surface area contributed by atoms with Crippen molar-refractivity contribution < 1.29 is 0 Å². The lowest BCUT2D eigenvalue weighted by atomic mass is 10.0. The van der Waals surface area contributed by atoms with Crippen molar-refractivity contribution in [3.05, 3.63) is 81.8 Å². The summed E-state index contributed by atoms with van der Waals surface area (Å²) in [7, 11) is 0. The van der Waals surface area contributed by atoms with Gasteiger partial charge in [-0.1, -0.05) is 70.7 Å². The third-order valence-corrected chi connectivity index (χ3v) is 8.36. The SMILES string of the molecule is CC1C=C2Sc3cc(-c4ccc5c(c4)Sc4cc(Br)ccc4N5)ccc3NC2=CC1. The molecule has 0 spiro atoms. The maximum atomic E-state index is 3.62. The van der Waals surface area contributed by atoms with Gasteiger partial charge in [-0.3, -0.25) is 0 Å². The molecule has 0 saturated carbocycles. The van der Waals surface area contributed by atoms with E-state index in [2.05, 4.69) is 100 Å². The zero-order valence-electron chi connectivity index (χ0n) is 16.3. The van der Waals surface area contributed by atoms with Crippen LogP contribution in [0.3, 0.4) is 0 Å². The summed E-state index contributed by atoms with van der Waals surface area (Å²) in [6, 6.07) is 19.8. The van der Waals surface area contributed by atoms with Gasteiger partial charge in [0.25, 0.3) is 0 Å². The Kier molecular flexibility index (Phi) is 4.52. The fraction of sp³-hybridized carbons (Fsp3) is 0.120. The van der Waals surface area contributed by atoms with E-state index in [0.29, 0.717) is 5.92 Å². The number of halogens is 1. The fourth-order valence-electron chi connectivity index (χ4n) is 4.01. The molecule has 0 bridgehead atoms. The minimum Gasteiger partial charge on any atom is -0.354 e. The van der Waals surface area contributed by atoms with Gasteiger partial charge in [0.15, 0.2) is 0 Å². The molecule has 6 rings (SSSR count). The summed E-state index contributed by atoms with van der Waals surface area (Å²) in [5, 5.41) is 7.18. The second-order valence-electron chi connectivity index (χ2n) is 7.88. The van der Waals surface area contributed by atoms with E-state index in [0.717, 1.165) is 10.9 Å². The highest BCUT2D eigenvalue weighted by molar-refractivity contribution is 9.10. The van der Waals surface area contributed by atoms with E-state index in [-0.39, 0.29) is 0 Å². The Bertz CT molecular complexity index is 1260. The van der Waals surface area contributed by atoms with Gasteiger partial charge in [-0.15, -0.1) is 0 Å². The molecule has 3 aromatic rings. The van der Waals surface area contributed by atoms with Crippen molar-refractivity contribution in [2.24, 2.45) is 5.92 Å². The number of hydrogen-bond donors (Lipinski definition) is 2. The van der Waals surface area contributed by atoms with E-state index < -0.39 is 0 Å². The molecule has 3 aliphatic rings. The van der Waals surface area contributed by atoms with Crippen LogP contribution in [0.5, 0.6) is 0 Å². The lowest BCUT2D eigenvalue weighted by Crippen LogP contribution is -2.11. The topological polar surface area (TPSA) is 24.1 Å². The molecule has 1 aliphatic carbocycles. The highest BCUT2D eigenvalue weighted by Gasteiger charge is 2.22. The van der Waals surface area contributed by atoms with Crippen molar-refractivity contribution in [2.75, 3.05) is 10.6 Å². The summed E-state index contributed by atoms with van der Waals surface area (Å²) < 4.78 is 1.11. The number of allylic oxidation sites excluding steroid dienone is 2. The van der Waals surface area contributed by atoms with Crippen LogP contribution in [0.4, 0.5) is 17.1 Å². The highest BCUT2D eigenvalue weighted by atomic mass is 79.9. The molecule has 0 amide bonds. The Balaban J connectivity index is 1.34. The van der Waals surface area contributed by atoms with Crippen LogP contribution >= 0.6 is 39.5 Å². The normalized spacial score (nSPS) is 18.5. The zero-order chi connectivity index (χ0) is 20.2. The summed E-state index contributed by atoms with van der Waals surface area (Å²) in [5.74, 6) is 0.607. The molecule has 1 atom stereocenters. The minimum absolute atomic E-state index is 0.607. The van der Waals surface area contributed by atoms with Crippen molar-refractivity contribution >= 4 is 56.5 Å². The van der Waals surface area contributed by atoms with Gasteiger partial charge in [0, 0.05) is 29.8 Å². The summed E-state index contributed by atoms with van der Waals surface area (Å²) in [6.45, 7) is 2.28. The van der Waals surface area contributed by atoms with E-state index in [1.165, 1.54) is 53.5 Å². The minimum atomic E-state index is 0.607. The van der Waals surface area contributed by atoms with Gasteiger partial charge < -0.3 is 10.6 Å². The van der Waals surface area contributed by atoms with Crippen LogP contribution in [-0.4, -0.2) is 0 Å². The Hall–Kier alpha value is -2.08. The molecule has 1 unspecified atom stereocenters. The molecular formula is C25H19BrN2S2. The average Bonchev–Trinajstić information content (AvgIpc) is 2.75. The van der Waals surface area contributed by atoms with Crippen LogP contribution in [0.15, 0.2) is 96.5 Å². The van der Waals surface area contributed by atoms with Crippen LogP contribution < -0.4 is 10.6 Å². The highest BCUT2D eigenvalue weighted by Crippen LogP contribution is 2.48.